The molecule has 0 saturated heterocycles. The minimum absolute atomic E-state index is 0.174. The smallest absolute Gasteiger partial charge is 0.335 e. The molecule has 3 aromatic rings. The summed E-state index contributed by atoms with van der Waals surface area (Å²) in [6.45, 7) is 1.63. The monoisotopic (exact) mass is 456 g/mol. The van der Waals surface area contributed by atoms with Gasteiger partial charge in [-0.2, -0.15) is 5.10 Å². The van der Waals surface area contributed by atoms with Crippen LogP contribution in [0.3, 0.4) is 0 Å². The topological polar surface area (TPSA) is 101 Å². The van der Waals surface area contributed by atoms with Crippen molar-refractivity contribution in [2.45, 2.75) is 6.92 Å². The predicted molar refractivity (Wildman–Crippen MR) is 111 cm³/mol. The molecule has 0 bridgehead atoms. The zero-order chi connectivity index (χ0) is 20.8. The Morgan fingerprint density at radius 3 is 2.76 bits per heavy atom. The molecule has 3 rings (SSSR count). The van der Waals surface area contributed by atoms with Crippen molar-refractivity contribution >= 4 is 34.0 Å². The summed E-state index contributed by atoms with van der Waals surface area (Å²) in [6, 6.07) is 15.4. The summed E-state index contributed by atoms with van der Waals surface area (Å²) in [5, 5.41) is 12.9. The number of carbonyl (C=O) groups excluding carboxylic acids is 1. The van der Waals surface area contributed by atoms with Gasteiger partial charge in [0.25, 0.3) is 5.91 Å². The molecule has 0 fully saturated rings. The van der Waals surface area contributed by atoms with Crippen molar-refractivity contribution in [3.05, 3.63) is 76.0 Å². The summed E-state index contributed by atoms with van der Waals surface area (Å²) < 4.78 is 11.9. The van der Waals surface area contributed by atoms with Crippen molar-refractivity contribution in [3.63, 3.8) is 0 Å². The van der Waals surface area contributed by atoms with Crippen molar-refractivity contribution in [2.24, 2.45) is 5.10 Å². The zero-order valence-corrected chi connectivity index (χ0v) is 17.0. The number of aromatic carboxylic acids is 1. The van der Waals surface area contributed by atoms with Crippen molar-refractivity contribution in [1.29, 1.82) is 0 Å². The van der Waals surface area contributed by atoms with E-state index in [1.165, 1.54) is 12.3 Å². The Hall–Kier alpha value is -3.39. The maximum atomic E-state index is 11.8. The first kappa shape index (κ1) is 20.3. The Labute approximate surface area is 175 Å². The fourth-order valence-corrected chi connectivity index (χ4v) is 2.92. The van der Waals surface area contributed by atoms with E-state index in [4.69, 9.17) is 14.3 Å². The van der Waals surface area contributed by atoms with Gasteiger partial charge in [-0.25, -0.2) is 10.2 Å². The standard InChI is InChI=1S/C21H17BrN2O5/c1-13-9-14(21(26)27)5-7-18(13)19-8-6-17(29-19)11-23-24-20(25)12-28-16-4-2-3-15(22)10-16/h2-11H,12H2,1H3,(H,24,25)(H,26,27)/b23-11+. The molecule has 0 radical (unpaired) electrons. The third-order valence-electron chi connectivity index (χ3n) is 3.91. The van der Waals surface area contributed by atoms with Gasteiger partial charge >= 0.3 is 5.97 Å². The van der Waals surface area contributed by atoms with E-state index >= 15 is 0 Å². The lowest BCUT2D eigenvalue weighted by Gasteiger charge is -2.05. The molecule has 0 unspecified atom stereocenters. The van der Waals surface area contributed by atoms with Gasteiger partial charge in [0.2, 0.25) is 0 Å². The number of nitrogens with one attached hydrogen (secondary N) is 1. The number of carbonyl (C=O) groups is 2. The summed E-state index contributed by atoms with van der Waals surface area (Å²) in [4.78, 5) is 22.8. The summed E-state index contributed by atoms with van der Waals surface area (Å²) >= 11 is 3.33. The number of nitrogens with zero attached hydrogens (tertiary/aromatic N) is 1. The van der Waals surface area contributed by atoms with Crippen LogP contribution in [-0.4, -0.2) is 29.8 Å². The lowest BCUT2D eigenvalue weighted by Crippen LogP contribution is -2.24. The Morgan fingerprint density at radius 1 is 1.21 bits per heavy atom. The Bertz CT molecular complexity index is 1070. The summed E-state index contributed by atoms with van der Waals surface area (Å²) in [7, 11) is 0. The fraction of sp³-hybridized carbons (Fsp3) is 0.0952. The van der Waals surface area contributed by atoms with Crippen molar-refractivity contribution in [1.82, 2.24) is 5.43 Å². The summed E-state index contributed by atoms with van der Waals surface area (Å²) in [5.74, 6) is 0.193. The van der Waals surface area contributed by atoms with Crippen LogP contribution in [0.1, 0.15) is 21.7 Å². The molecule has 0 spiro atoms. The first-order chi connectivity index (χ1) is 13.9. The average molecular weight is 457 g/mol. The molecule has 1 aromatic heterocycles. The van der Waals surface area contributed by atoms with E-state index in [0.29, 0.717) is 17.3 Å². The minimum atomic E-state index is -0.980. The van der Waals surface area contributed by atoms with E-state index < -0.39 is 11.9 Å². The molecule has 0 atom stereocenters. The van der Waals surface area contributed by atoms with Gasteiger partial charge in [-0.05, 0) is 55.0 Å². The van der Waals surface area contributed by atoms with Gasteiger partial charge in [-0.1, -0.05) is 28.1 Å². The second-order valence-corrected chi connectivity index (χ2v) is 6.99. The molecule has 8 heteroatoms. The molecule has 1 heterocycles. The molecular weight excluding hydrogens is 440 g/mol. The largest absolute Gasteiger partial charge is 0.484 e. The minimum Gasteiger partial charge on any atom is -0.484 e. The number of hydrogen-bond acceptors (Lipinski definition) is 5. The number of furan rings is 1. The number of benzene rings is 2. The normalized spacial score (nSPS) is 10.8. The molecule has 2 N–H and O–H groups in total. The van der Waals surface area contributed by atoms with Crippen molar-refractivity contribution < 1.29 is 23.8 Å². The summed E-state index contributed by atoms with van der Waals surface area (Å²) in [6.07, 6.45) is 1.38. The molecule has 0 aliphatic heterocycles. The van der Waals surface area contributed by atoms with Gasteiger partial charge in [0.05, 0.1) is 11.8 Å². The highest BCUT2D eigenvalue weighted by Gasteiger charge is 2.10. The Kier molecular flexibility index (Phi) is 6.46. The number of rotatable bonds is 7. The van der Waals surface area contributed by atoms with E-state index in [2.05, 4.69) is 26.5 Å². The third-order valence-corrected chi connectivity index (χ3v) is 4.41. The van der Waals surface area contributed by atoms with E-state index in [0.717, 1.165) is 15.6 Å². The second-order valence-electron chi connectivity index (χ2n) is 6.08. The number of amides is 1. The maximum absolute atomic E-state index is 11.8. The van der Waals surface area contributed by atoms with Gasteiger partial charge < -0.3 is 14.3 Å². The highest BCUT2D eigenvalue weighted by molar-refractivity contribution is 9.10. The Balaban J connectivity index is 1.56. The highest BCUT2D eigenvalue weighted by atomic mass is 79.9. The SMILES string of the molecule is Cc1cc(C(=O)O)ccc1-c1ccc(/C=N/NC(=O)COc2cccc(Br)c2)o1. The van der Waals surface area contributed by atoms with Crippen LogP contribution in [0.15, 0.2) is 68.6 Å². The van der Waals surface area contributed by atoms with E-state index in [1.54, 1.807) is 42.5 Å². The average Bonchev–Trinajstić information content (AvgIpc) is 3.15. The van der Waals surface area contributed by atoms with Gasteiger partial charge in [-0.3, -0.25) is 4.79 Å². The molecule has 29 heavy (non-hydrogen) atoms. The second kappa shape index (κ2) is 9.20. The van der Waals surface area contributed by atoms with Crippen LogP contribution >= 0.6 is 15.9 Å². The molecule has 148 valence electrons. The van der Waals surface area contributed by atoms with E-state index in [9.17, 15) is 9.59 Å². The quantitative estimate of drug-likeness (QED) is 0.408. The molecule has 0 aliphatic carbocycles. The van der Waals surface area contributed by atoms with Crippen LogP contribution < -0.4 is 10.2 Å². The molecule has 0 aliphatic rings. The first-order valence-corrected chi connectivity index (χ1v) is 9.36. The van der Waals surface area contributed by atoms with Crippen LogP contribution in [0, 0.1) is 6.92 Å². The highest BCUT2D eigenvalue weighted by Crippen LogP contribution is 2.26. The number of aryl methyl sites for hydroxylation is 1. The number of hydrazone groups is 1. The van der Waals surface area contributed by atoms with Crippen LogP contribution in [0.25, 0.3) is 11.3 Å². The van der Waals surface area contributed by atoms with Gasteiger partial charge in [0.15, 0.2) is 6.61 Å². The molecule has 1 amide bonds. The van der Waals surface area contributed by atoms with Gasteiger partial charge in [0.1, 0.15) is 17.3 Å². The van der Waals surface area contributed by atoms with Crippen molar-refractivity contribution in [3.8, 4) is 17.1 Å². The third kappa shape index (κ3) is 5.55. The van der Waals surface area contributed by atoms with Gasteiger partial charge in [0, 0.05) is 10.0 Å². The van der Waals surface area contributed by atoms with Crippen LogP contribution in [0.4, 0.5) is 0 Å². The molecule has 0 saturated carbocycles. The molecule has 2 aromatic carbocycles. The fourth-order valence-electron chi connectivity index (χ4n) is 2.55. The van der Waals surface area contributed by atoms with Crippen LogP contribution in [-0.2, 0) is 4.79 Å². The number of hydrogen-bond donors (Lipinski definition) is 2. The summed E-state index contributed by atoms with van der Waals surface area (Å²) in [5.41, 5.74) is 4.14. The number of carboxylic acid groups (broad SMARTS) is 1. The van der Waals surface area contributed by atoms with Crippen LogP contribution in [0.2, 0.25) is 0 Å². The molecule has 7 nitrogen and oxygen atoms in total. The van der Waals surface area contributed by atoms with Crippen molar-refractivity contribution in [2.75, 3.05) is 6.61 Å². The number of ether oxygens (including phenoxy) is 1. The number of carboxylic acids is 1. The zero-order valence-electron chi connectivity index (χ0n) is 15.4. The van der Waals surface area contributed by atoms with E-state index in [1.807, 2.05) is 13.0 Å². The first-order valence-electron chi connectivity index (χ1n) is 8.57. The lowest BCUT2D eigenvalue weighted by molar-refractivity contribution is -0.123. The number of halogens is 1. The maximum Gasteiger partial charge on any atom is 0.335 e. The lowest BCUT2D eigenvalue weighted by atomic mass is 10.0. The Morgan fingerprint density at radius 2 is 2.03 bits per heavy atom. The van der Waals surface area contributed by atoms with Crippen LogP contribution in [0.5, 0.6) is 5.75 Å². The predicted octanol–water partition coefficient (Wildman–Crippen LogP) is 4.24. The van der Waals surface area contributed by atoms with Gasteiger partial charge in [-0.15, -0.1) is 0 Å². The van der Waals surface area contributed by atoms with E-state index in [-0.39, 0.29) is 12.2 Å². The molecular formula is C21H17BrN2O5.